The van der Waals surface area contributed by atoms with Gasteiger partial charge >= 0.3 is 0 Å². The Kier molecular flexibility index (Phi) is 8.50. The highest BCUT2D eigenvalue weighted by Crippen LogP contribution is 2.29. The summed E-state index contributed by atoms with van der Waals surface area (Å²) in [5.41, 5.74) is 0. The smallest absolute Gasteiger partial charge is 0.191 e. The molecule has 1 saturated heterocycles. The highest BCUT2D eigenvalue weighted by atomic mass is 15.2. The van der Waals surface area contributed by atoms with E-state index in [0.717, 1.165) is 24.3 Å². The Morgan fingerprint density at radius 3 is 2.24 bits per heavy atom. The fourth-order valence-corrected chi connectivity index (χ4v) is 4.12. The van der Waals surface area contributed by atoms with Crippen LogP contribution in [-0.2, 0) is 0 Å². The van der Waals surface area contributed by atoms with E-state index in [9.17, 15) is 0 Å². The minimum absolute atomic E-state index is 0.592. The molecule has 0 spiro atoms. The fraction of sp³-hybridized carbons (Fsp3) is 0.950. The van der Waals surface area contributed by atoms with Crippen molar-refractivity contribution in [1.29, 1.82) is 0 Å². The quantitative estimate of drug-likeness (QED) is 0.569. The van der Waals surface area contributed by atoms with Gasteiger partial charge in [-0.3, -0.25) is 4.99 Å². The minimum Gasteiger partial charge on any atom is -0.356 e. The van der Waals surface area contributed by atoms with Crippen molar-refractivity contribution in [2.24, 2.45) is 22.7 Å². The van der Waals surface area contributed by atoms with Crippen molar-refractivity contribution in [1.82, 2.24) is 20.4 Å². The molecule has 2 aliphatic rings. The highest BCUT2D eigenvalue weighted by molar-refractivity contribution is 5.79. The van der Waals surface area contributed by atoms with Crippen molar-refractivity contribution in [2.45, 2.75) is 52.5 Å². The van der Waals surface area contributed by atoms with Gasteiger partial charge in [0.1, 0.15) is 0 Å². The van der Waals surface area contributed by atoms with Crippen LogP contribution in [0.15, 0.2) is 4.99 Å². The molecule has 2 rings (SSSR count). The van der Waals surface area contributed by atoms with E-state index in [0.29, 0.717) is 12.0 Å². The van der Waals surface area contributed by atoms with Gasteiger partial charge in [0.15, 0.2) is 5.96 Å². The summed E-state index contributed by atoms with van der Waals surface area (Å²) < 4.78 is 0. The highest BCUT2D eigenvalue weighted by Gasteiger charge is 2.24. The first-order chi connectivity index (χ1) is 12.0. The lowest BCUT2D eigenvalue weighted by atomic mass is 9.80. The minimum atomic E-state index is 0.592. The molecule has 2 N–H and O–H groups in total. The van der Waals surface area contributed by atoms with Crippen LogP contribution in [0.25, 0.3) is 0 Å². The molecule has 0 aromatic rings. The van der Waals surface area contributed by atoms with Gasteiger partial charge in [-0.25, -0.2) is 0 Å². The molecule has 0 amide bonds. The van der Waals surface area contributed by atoms with Gasteiger partial charge < -0.3 is 20.4 Å². The van der Waals surface area contributed by atoms with Crippen molar-refractivity contribution >= 4 is 5.96 Å². The summed E-state index contributed by atoms with van der Waals surface area (Å²) in [6, 6.07) is 0.592. The fourth-order valence-electron chi connectivity index (χ4n) is 4.12. The van der Waals surface area contributed by atoms with Crippen LogP contribution in [0.2, 0.25) is 0 Å². The van der Waals surface area contributed by atoms with Crippen molar-refractivity contribution in [3.8, 4) is 0 Å². The first-order valence-corrected chi connectivity index (χ1v) is 10.4. The maximum atomic E-state index is 4.44. The molecule has 0 aromatic carbocycles. The van der Waals surface area contributed by atoms with Gasteiger partial charge in [-0.2, -0.15) is 0 Å². The summed E-state index contributed by atoms with van der Waals surface area (Å²) >= 11 is 0. The monoisotopic (exact) mass is 351 g/mol. The second-order valence-electron chi connectivity index (χ2n) is 8.66. The molecule has 2 fully saturated rings. The van der Waals surface area contributed by atoms with Crippen LogP contribution in [0.3, 0.4) is 0 Å². The normalized spacial score (nSPS) is 28.2. The van der Waals surface area contributed by atoms with Gasteiger partial charge in [-0.15, -0.1) is 0 Å². The Morgan fingerprint density at radius 1 is 1.04 bits per heavy atom. The van der Waals surface area contributed by atoms with Crippen molar-refractivity contribution in [3.05, 3.63) is 0 Å². The molecule has 146 valence electrons. The van der Waals surface area contributed by atoms with Crippen LogP contribution in [0.4, 0.5) is 0 Å². The molecule has 1 saturated carbocycles. The molecule has 1 heterocycles. The van der Waals surface area contributed by atoms with Crippen LogP contribution >= 0.6 is 0 Å². The third kappa shape index (κ3) is 7.14. The molecule has 5 heteroatoms. The Hall–Kier alpha value is -0.810. The van der Waals surface area contributed by atoms with E-state index in [4.69, 9.17) is 0 Å². The Labute approximate surface area is 155 Å². The van der Waals surface area contributed by atoms with Crippen molar-refractivity contribution in [2.75, 3.05) is 53.4 Å². The molecule has 1 aliphatic heterocycles. The lowest BCUT2D eigenvalue weighted by molar-refractivity contribution is 0.139. The van der Waals surface area contributed by atoms with E-state index in [1.165, 1.54) is 58.4 Å². The standard InChI is InChI=1S/C20H41N5/c1-16(2)18-6-8-19(9-7-18)23-20(21-4)22-14-17(3)15-25-12-10-24(5)11-13-25/h16-19H,6-15H2,1-5H3,(H2,21,22,23). The second kappa shape index (κ2) is 10.4. The SMILES string of the molecule is CN=C(NCC(C)CN1CCN(C)CC1)NC1CCC(C(C)C)CC1. The first-order valence-electron chi connectivity index (χ1n) is 10.4. The summed E-state index contributed by atoms with van der Waals surface area (Å²) in [4.78, 5) is 9.45. The molecule has 25 heavy (non-hydrogen) atoms. The van der Waals surface area contributed by atoms with Crippen LogP contribution in [0.1, 0.15) is 46.5 Å². The summed E-state index contributed by atoms with van der Waals surface area (Å²) in [6.45, 7) is 14.0. The molecule has 0 radical (unpaired) electrons. The number of nitrogens with zero attached hydrogens (tertiary/aromatic N) is 3. The molecule has 1 unspecified atom stereocenters. The molecular weight excluding hydrogens is 310 g/mol. The second-order valence-corrected chi connectivity index (χ2v) is 8.66. The Bertz CT molecular complexity index is 393. The number of piperazine rings is 1. The van der Waals surface area contributed by atoms with Gasteiger partial charge in [0, 0.05) is 52.4 Å². The summed E-state index contributed by atoms with van der Waals surface area (Å²) in [7, 11) is 4.10. The maximum Gasteiger partial charge on any atom is 0.191 e. The zero-order chi connectivity index (χ0) is 18.2. The Morgan fingerprint density at radius 2 is 1.68 bits per heavy atom. The van der Waals surface area contributed by atoms with Gasteiger partial charge in [-0.1, -0.05) is 20.8 Å². The first kappa shape index (κ1) is 20.5. The number of likely N-dealkylation sites (N-methyl/N-ethyl adjacent to an activating group) is 1. The molecule has 0 bridgehead atoms. The number of hydrogen-bond donors (Lipinski definition) is 2. The van der Waals surface area contributed by atoms with E-state index >= 15 is 0 Å². The third-order valence-corrected chi connectivity index (χ3v) is 6.06. The summed E-state index contributed by atoms with van der Waals surface area (Å²) in [5.74, 6) is 3.36. The van der Waals surface area contributed by atoms with Crippen molar-refractivity contribution in [3.63, 3.8) is 0 Å². The van der Waals surface area contributed by atoms with E-state index in [1.54, 1.807) is 0 Å². The summed E-state index contributed by atoms with van der Waals surface area (Å²) in [6.07, 6.45) is 5.26. The zero-order valence-electron chi connectivity index (χ0n) is 17.2. The summed E-state index contributed by atoms with van der Waals surface area (Å²) in [5, 5.41) is 7.20. The van der Waals surface area contributed by atoms with Crippen LogP contribution in [0.5, 0.6) is 0 Å². The van der Waals surface area contributed by atoms with E-state index in [2.05, 4.69) is 53.2 Å². The largest absolute Gasteiger partial charge is 0.356 e. The average molecular weight is 352 g/mol. The lowest BCUT2D eigenvalue weighted by Gasteiger charge is -2.34. The van der Waals surface area contributed by atoms with Gasteiger partial charge in [0.05, 0.1) is 0 Å². The predicted molar refractivity (Wildman–Crippen MR) is 108 cm³/mol. The maximum absolute atomic E-state index is 4.44. The lowest BCUT2D eigenvalue weighted by Crippen LogP contribution is -2.49. The van der Waals surface area contributed by atoms with Gasteiger partial charge in [0.2, 0.25) is 0 Å². The van der Waals surface area contributed by atoms with E-state index in [-0.39, 0.29) is 0 Å². The number of hydrogen-bond acceptors (Lipinski definition) is 3. The number of rotatable bonds is 6. The van der Waals surface area contributed by atoms with Crippen molar-refractivity contribution < 1.29 is 0 Å². The topological polar surface area (TPSA) is 42.9 Å². The van der Waals surface area contributed by atoms with Gasteiger partial charge in [0.25, 0.3) is 0 Å². The molecule has 1 atom stereocenters. The Balaban J connectivity index is 1.64. The average Bonchev–Trinajstić information content (AvgIpc) is 2.61. The third-order valence-electron chi connectivity index (χ3n) is 6.06. The van der Waals surface area contributed by atoms with E-state index in [1.807, 2.05) is 7.05 Å². The number of guanidine groups is 1. The molecule has 0 aromatic heterocycles. The molecule has 1 aliphatic carbocycles. The van der Waals surface area contributed by atoms with E-state index < -0.39 is 0 Å². The van der Waals surface area contributed by atoms with Crippen LogP contribution < -0.4 is 10.6 Å². The van der Waals surface area contributed by atoms with Gasteiger partial charge in [-0.05, 0) is 50.5 Å². The predicted octanol–water partition coefficient (Wildman–Crippen LogP) is 2.25. The van der Waals surface area contributed by atoms with Crippen LogP contribution in [0, 0.1) is 17.8 Å². The number of nitrogens with one attached hydrogen (secondary N) is 2. The number of aliphatic imine (C=N–C) groups is 1. The molecular formula is C20H41N5. The van der Waals surface area contributed by atoms with Crippen LogP contribution in [-0.4, -0.2) is 75.2 Å². The molecule has 5 nitrogen and oxygen atoms in total. The zero-order valence-corrected chi connectivity index (χ0v) is 17.2.